The zero-order valence-corrected chi connectivity index (χ0v) is 12.7. The fourth-order valence-corrected chi connectivity index (χ4v) is 2.69. The summed E-state index contributed by atoms with van der Waals surface area (Å²) >= 11 is 0. The summed E-state index contributed by atoms with van der Waals surface area (Å²) in [7, 11) is 2.09. The Bertz CT molecular complexity index is 252. The van der Waals surface area contributed by atoms with Crippen molar-refractivity contribution in [3.63, 3.8) is 0 Å². The van der Waals surface area contributed by atoms with Crippen LogP contribution in [0.3, 0.4) is 0 Å². The molecule has 112 valence electrons. The normalized spacial score (nSPS) is 17.8. The second kappa shape index (κ2) is 9.32. The maximum absolute atomic E-state index is 12.2. The van der Waals surface area contributed by atoms with Crippen LogP contribution in [0.1, 0.15) is 51.9 Å². The van der Waals surface area contributed by atoms with E-state index in [4.69, 9.17) is 5.73 Å². The molecule has 0 saturated carbocycles. The number of rotatable bonds is 8. The molecule has 2 N–H and O–H groups in total. The van der Waals surface area contributed by atoms with E-state index in [1.807, 2.05) is 4.90 Å². The predicted octanol–water partition coefficient (Wildman–Crippen LogP) is 1.84. The van der Waals surface area contributed by atoms with E-state index < -0.39 is 0 Å². The van der Waals surface area contributed by atoms with Gasteiger partial charge in [-0.25, -0.2) is 0 Å². The quantitative estimate of drug-likeness (QED) is 0.684. The number of nitrogens with two attached hydrogens (primary N) is 1. The van der Waals surface area contributed by atoms with Crippen LogP contribution in [0, 0.1) is 0 Å². The highest BCUT2D eigenvalue weighted by Gasteiger charge is 2.22. The third-order valence-electron chi connectivity index (χ3n) is 4.13. The number of hydrogen-bond acceptors (Lipinski definition) is 3. The molecule has 0 aromatic heterocycles. The van der Waals surface area contributed by atoms with Crippen molar-refractivity contribution in [2.24, 2.45) is 5.73 Å². The summed E-state index contributed by atoms with van der Waals surface area (Å²) in [4.78, 5) is 16.5. The maximum atomic E-state index is 12.2. The Hall–Kier alpha value is -0.610. The summed E-state index contributed by atoms with van der Waals surface area (Å²) < 4.78 is 0. The van der Waals surface area contributed by atoms with Gasteiger partial charge < -0.3 is 15.5 Å². The van der Waals surface area contributed by atoms with Crippen LogP contribution in [0.4, 0.5) is 0 Å². The van der Waals surface area contributed by atoms with E-state index in [0.29, 0.717) is 13.0 Å². The lowest BCUT2D eigenvalue weighted by Crippen LogP contribution is -2.44. The first kappa shape index (κ1) is 16.4. The molecule has 0 spiro atoms. The molecule has 1 atom stereocenters. The molecule has 0 bridgehead atoms. The summed E-state index contributed by atoms with van der Waals surface area (Å²) in [6, 6.07) is 0.200. The van der Waals surface area contributed by atoms with Crippen LogP contribution in [0.25, 0.3) is 0 Å². The number of hydrogen-bond donors (Lipinski definition) is 1. The minimum absolute atomic E-state index is 0.200. The molecule has 19 heavy (non-hydrogen) atoms. The molecule has 0 aromatic rings. The number of nitrogens with zero attached hydrogens (tertiary/aromatic N) is 2. The average molecular weight is 269 g/mol. The summed E-state index contributed by atoms with van der Waals surface area (Å²) in [6.07, 6.45) is 7.84. The van der Waals surface area contributed by atoms with Crippen molar-refractivity contribution in [2.75, 3.05) is 33.2 Å². The average Bonchev–Trinajstić information content (AvgIpc) is 2.45. The lowest BCUT2D eigenvalue weighted by atomic mass is 10.1. The fraction of sp³-hybridized carbons (Fsp3) is 0.933. The highest BCUT2D eigenvalue weighted by atomic mass is 16.2. The fourth-order valence-electron chi connectivity index (χ4n) is 2.69. The van der Waals surface area contributed by atoms with Crippen LogP contribution >= 0.6 is 0 Å². The van der Waals surface area contributed by atoms with Gasteiger partial charge >= 0.3 is 0 Å². The van der Waals surface area contributed by atoms with E-state index >= 15 is 0 Å². The lowest BCUT2D eigenvalue weighted by molar-refractivity contribution is -0.133. The molecule has 1 saturated heterocycles. The van der Waals surface area contributed by atoms with E-state index in [-0.39, 0.29) is 11.9 Å². The van der Waals surface area contributed by atoms with Crippen LogP contribution < -0.4 is 5.73 Å². The highest BCUT2D eigenvalue weighted by molar-refractivity contribution is 5.76. The molecule has 4 heteroatoms. The minimum Gasteiger partial charge on any atom is -0.343 e. The van der Waals surface area contributed by atoms with E-state index in [0.717, 1.165) is 32.5 Å². The summed E-state index contributed by atoms with van der Waals surface area (Å²) in [5.74, 6) is 0.289. The number of piperidine rings is 1. The van der Waals surface area contributed by atoms with Crippen molar-refractivity contribution in [3.8, 4) is 0 Å². The smallest absolute Gasteiger partial charge is 0.224 e. The minimum atomic E-state index is 0.200. The lowest BCUT2D eigenvalue weighted by Gasteiger charge is -2.31. The van der Waals surface area contributed by atoms with Gasteiger partial charge in [0.25, 0.3) is 0 Å². The Morgan fingerprint density at radius 1 is 1.26 bits per heavy atom. The van der Waals surface area contributed by atoms with Gasteiger partial charge in [-0.2, -0.15) is 0 Å². The van der Waals surface area contributed by atoms with Gasteiger partial charge in [-0.15, -0.1) is 0 Å². The van der Waals surface area contributed by atoms with E-state index in [1.165, 1.54) is 25.7 Å². The Morgan fingerprint density at radius 2 is 1.95 bits per heavy atom. The Balaban J connectivity index is 2.34. The van der Waals surface area contributed by atoms with E-state index in [1.54, 1.807) is 0 Å². The number of likely N-dealkylation sites (N-methyl/N-ethyl adjacent to an activating group) is 1. The van der Waals surface area contributed by atoms with Crippen LogP contribution in [-0.2, 0) is 4.79 Å². The topological polar surface area (TPSA) is 49.6 Å². The maximum Gasteiger partial charge on any atom is 0.224 e. The monoisotopic (exact) mass is 269 g/mol. The molecular formula is C15H31N3O. The molecular weight excluding hydrogens is 238 g/mol. The summed E-state index contributed by atoms with van der Waals surface area (Å²) in [5, 5.41) is 0. The molecule has 0 aromatic carbocycles. The van der Waals surface area contributed by atoms with Crippen LogP contribution in [-0.4, -0.2) is 55.0 Å². The zero-order chi connectivity index (χ0) is 14.1. The molecule has 1 aliphatic heterocycles. The molecule has 1 amide bonds. The number of amides is 1. The van der Waals surface area contributed by atoms with Crippen molar-refractivity contribution in [1.29, 1.82) is 0 Å². The first-order valence-corrected chi connectivity index (χ1v) is 7.87. The van der Waals surface area contributed by atoms with Crippen molar-refractivity contribution >= 4 is 5.91 Å². The molecule has 0 aliphatic carbocycles. The summed E-state index contributed by atoms with van der Waals surface area (Å²) in [6.45, 7) is 5.71. The summed E-state index contributed by atoms with van der Waals surface area (Å²) in [5.41, 5.74) is 5.84. The molecule has 1 fully saturated rings. The molecule has 1 aliphatic rings. The molecule has 1 unspecified atom stereocenters. The molecule has 0 radical (unpaired) electrons. The first-order chi connectivity index (χ1) is 9.19. The predicted molar refractivity (Wildman–Crippen MR) is 80.0 cm³/mol. The van der Waals surface area contributed by atoms with Crippen LogP contribution in [0.5, 0.6) is 0 Å². The standard InChI is InChI=1S/C15H31N3O/c1-3-4-6-9-17(2)14(13-16)12-15(19)18-10-7-5-8-11-18/h14H,3-13,16H2,1-2H3. The van der Waals surface area contributed by atoms with Crippen molar-refractivity contribution in [2.45, 2.75) is 57.9 Å². The Kier molecular flexibility index (Phi) is 8.07. The van der Waals surface area contributed by atoms with E-state index in [9.17, 15) is 4.79 Å². The van der Waals surface area contributed by atoms with Gasteiger partial charge in [0.05, 0.1) is 0 Å². The van der Waals surface area contributed by atoms with Crippen molar-refractivity contribution < 1.29 is 4.79 Å². The Labute approximate surface area is 118 Å². The molecule has 4 nitrogen and oxygen atoms in total. The SMILES string of the molecule is CCCCCN(C)C(CN)CC(=O)N1CCCCC1. The second-order valence-corrected chi connectivity index (χ2v) is 5.72. The van der Waals surface area contributed by atoms with Crippen molar-refractivity contribution in [1.82, 2.24) is 9.80 Å². The first-order valence-electron chi connectivity index (χ1n) is 7.87. The third-order valence-corrected chi connectivity index (χ3v) is 4.13. The molecule has 1 heterocycles. The van der Waals surface area contributed by atoms with Gasteiger partial charge in [-0.1, -0.05) is 19.8 Å². The number of carbonyl (C=O) groups excluding carboxylic acids is 1. The van der Waals surface area contributed by atoms with Gasteiger partial charge in [-0.3, -0.25) is 4.79 Å². The largest absolute Gasteiger partial charge is 0.343 e. The number of likely N-dealkylation sites (tertiary alicyclic amines) is 1. The van der Waals surface area contributed by atoms with E-state index in [2.05, 4.69) is 18.9 Å². The van der Waals surface area contributed by atoms with Crippen LogP contribution in [0.2, 0.25) is 0 Å². The van der Waals surface area contributed by atoms with Gasteiger partial charge in [0.2, 0.25) is 5.91 Å². The van der Waals surface area contributed by atoms with Gasteiger partial charge in [0.15, 0.2) is 0 Å². The molecule has 1 rings (SSSR count). The third kappa shape index (κ3) is 5.91. The van der Waals surface area contributed by atoms with Crippen molar-refractivity contribution in [3.05, 3.63) is 0 Å². The highest BCUT2D eigenvalue weighted by Crippen LogP contribution is 2.12. The van der Waals surface area contributed by atoms with Gasteiger partial charge in [-0.05, 0) is 39.3 Å². The zero-order valence-electron chi connectivity index (χ0n) is 12.7. The van der Waals surface area contributed by atoms with Gasteiger partial charge in [0, 0.05) is 32.1 Å². The van der Waals surface area contributed by atoms with Crippen LogP contribution in [0.15, 0.2) is 0 Å². The number of unbranched alkanes of at least 4 members (excludes halogenated alkanes) is 2. The Morgan fingerprint density at radius 3 is 2.53 bits per heavy atom. The van der Waals surface area contributed by atoms with Gasteiger partial charge in [0.1, 0.15) is 0 Å². The number of carbonyl (C=O) groups is 1. The second-order valence-electron chi connectivity index (χ2n) is 5.72.